The molecule has 3 atom stereocenters. The van der Waals surface area contributed by atoms with Gasteiger partial charge in [0, 0.05) is 18.5 Å². The number of carbonyl (C=O) groups is 1. The molecule has 1 fully saturated rings. The fraction of sp³-hybridized carbons (Fsp3) is 0.562. The lowest BCUT2D eigenvalue weighted by atomic mass is 10.1. The Morgan fingerprint density at radius 1 is 1.39 bits per heavy atom. The van der Waals surface area contributed by atoms with Gasteiger partial charge in [0.1, 0.15) is 0 Å². The molecule has 1 saturated carbocycles. The summed E-state index contributed by atoms with van der Waals surface area (Å²) in [5, 5.41) is 0. The van der Waals surface area contributed by atoms with E-state index in [1.165, 1.54) is 5.56 Å². The van der Waals surface area contributed by atoms with Gasteiger partial charge in [-0.15, -0.1) is 0 Å². The molecule has 0 bridgehead atoms. The van der Waals surface area contributed by atoms with Crippen LogP contribution in [0.4, 0.5) is 0 Å². The van der Waals surface area contributed by atoms with E-state index in [9.17, 15) is 4.79 Å². The van der Waals surface area contributed by atoms with Crippen LogP contribution in [0.25, 0.3) is 0 Å². The summed E-state index contributed by atoms with van der Waals surface area (Å²) >= 11 is 0. The molecule has 18 heavy (non-hydrogen) atoms. The molecule has 0 aliphatic heterocycles. The first-order valence-corrected chi connectivity index (χ1v) is 6.97. The third-order valence-corrected chi connectivity index (χ3v) is 4.03. The zero-order chi connectivity index (χ0) is 13.1. The van der Waals surface area contributed by atoms with E-state index < -0.39 is 0 Å². The summed E-state index contributed by atoms with van der Waals surface area (Å²) in [6.45, 7) is 7.21. The molecular weight excluding hydrogens is 222 g/mol. The third kappa shape index (κ3) is 2.92. The van der Waals surface area contributed by atoms with Gasteiger partial charge >= 0.3 is 0 Å². The normalized spacial score (nSPS) is 23.5. The fourth-order valence-electron chi connectivity index (χ4n) is 2.33. The van der Waals surface area contributed by atoms with E-state index in [1.54, 1.807) is 0 Å². The first-order chi connectivity index (χ1) is 8.63. The zero-order valence-electron chi connectivity index (χ0n) is 11.6. The van der Waals surface area contributed by atoms with Crippen LogP contribution in [0.2, 0.25) is 0 Å². The lowest BCUT2D eigenvalue weighted by molar-refractivity contribution is -0.135. The Kier molecular flexibility index (Phi) is 4.05. The monoisotopic (exact) mass is 245 g/mol. The Bertz CT molecular complexity index is 401. The highest BCUT2D eigenvalue weighted by Gasteiger charge is 2.42. The quantitative estimate of drug-likeness (QED) is 0.778. The summed E-state index contributed by atoms with van der Waals surface area (Å²) in [6.07, 6.45) is 2.08. The van der Waals surface area contributed by atoms with Gasteiger partial charge in [-0.2, -0.15) is 0 Å². The van der Waals surface area contributed by atoms with Crippen LogP contribution in [0, 0.1) is 11.8 Å². The minimum Gasteiger partial charge on any atom is -0.335 e. The molecule has 1 aliphatic rings. The van der Waals surface area contributed by atoms with Gasteiger partial charge in [0.15, 0.2) is 0 Å². The van der Waals surface area contributed by atoms with E-state index in [0.717, 1.165) is 19.4 Å². The molecule has 3 unspecified atom stereocenters. The number of amides is 1. The second-order valence-corrected chi connectivity index (χ2v) is 5.53. The summed E-state index contributed by atoms with van der Waals surface area (Å²) in [5.41, 5.74) is 1.22. The molecular formula is C16H23NO. The molecule has 1 aromatic carbocycles. The van der Waals surface area contributed by atoms with E-state index >= 15 is 0 Å². The number of rotatable bonds is 5. The van der Waals surface area contributed by atoms with Crippen molar-refractivity contribution in [3.8, 4) is 0 Å². The lowest BCUT2D eigenvalue weighted by Gasteiger charge is -2.29. The van der Waals surface area contributed by atoms with E-state index in [2.05, 4.69) is 37.8 Å². The summed E-state index contributed by atoms with van der Waals surface area (Å²) in [4.78, 5) is 14.5. The van der Waals surface area contributed by atoms with Crippen LogP contribution >= 0.6 is 0 Å². The van der Waals surface area contributed by atoms with Gasteiger partial charge in [0.2, 0.25) is 5.91 Å². The van der Waals surface area contributed by atoms with Gasteiger partial charge in [0.05, 0.1) is 0 Å². The average Bonchev–Trinajstić information content (AvgIpc) is 3.12. The van der Waals surface area contributed by atoms with Gasteiger partial charge in [-0.1, -0.05) is 44.2 Å². The van der Waals surface area contributed by atoms with E-state index in [1.807, 2.05) is 18.2 Å². The Labute approximate surface area is 110 Å². The zero-order valence-corrected chi connectivity index (χ0v) is 11.6. The van der Waals surface area contributed by atoms with E-state index in [-0.39, 0.29) is 5.92 Å². The van der Waals surface area contributed by atoms with Crippen LogP contribution in [0.15, 0.2) is 30.3 Å². The minimum atomic E-state index is 0.280. The highest BCUT2D eigenvalue weighted by atomic mass is 16.2. The van der Waals surface area contributed by atoms with Crippen molar-refractivity contribution in [3.05, 3.63) is 35.9 Å². The van der Waals surface area contributed by atoms with E-state index in [0.29, 0.717) is 17.9 Å². The van der Waals surface area contributed by atoms with Crippen LogP contribution in [-0.4, -0.2) is 16.8 Å². The fourth-order valence-corrected chi connectivity index (χ4v) is 2.33. The van der Waals surface area contributed by atoms with Gasteiger partial charge < -0.3 is 4.90 Å². The Morgan fingerprint density at radius 3 is 2.50 bits per heavy atom. The number of nitrogens with zero attached hydrogens (tertiary/aromatic N) is 1. The molecule has 1 amide bonds. The molecule has 0 heterocycles. The van der Waals surface area contributed by atoms with Crippen molar-refractivity contribution in [2.45, 2.75) is 46.2 Å². The van der Waals surface area contributed by atoms with Crippen molar-refractivity contribution in [1.82, 2.24) is 4.90 Å². The highest BCUT2D eigenvalue weighted by Crippen LogP contribution is 2.39. The third-order valence-electron chi connectivity index (χ3n) is 4.03. The molecule has 0 N–H and O–H groups in total. The molecule has 0 saturated heterocycles. The van der Waals surface area contributed by atoms with Gasteiger partial charge in [0.25, 0.3) is 0 Å². The van der Waals surface area contributed by atoms with Crippen molar-refractivity contribution in [1.29, 1.82) is 0 Å². The molecule has 98 valence electrons. The largest absolute Gasteiger partial charge is 0.335 e. The van der Waals surface area contributed by atoms with Gasteiger partial charge in [-0.05, 0) is 31.2 Å². The summed E-state index contributed by atoms with van der Waals surface area (Å²) < 4.78 is 0. The van der Waals surface area contributed by atoms with Crippen molar-refractivity contribution in [2.24, 2.45) is 11.8 Å². The number of hydrogen-bond donors (Lipinski definition) is 0. The predicted octanol–water partition coefficient (Wildman–Crippen LogP) is 3.47. The maximum absolute atomic E-state index is 12.4. The molecule has 0 aromatic heterocycles. The second-order valence-electron chi connectivity index (χ2n) is 5.53. The van der Waals surface area contributed by atoms with E-state index in [4.69, 9.17) is 0 Å². The van der Waals surface area contributed by atoms with Gasteiger partial charge in [-0.25, -0.2) is 0 Å². The molecule has 2 nitrogen and oxygen atoms in total. The maximum Gasteiger partial charge on any atom is 0.226 e. The Morgan fingerprint density at radius 2 is 2.00 bits per heavy atom. The summed E-state index contributed by atoms with van der Waals surface area (Å²) in [6, 6.07) is 10.6. The number of hydrogen-bond acceptors (Lipinski definition) is 1. The first kappa shape index (κ1) is 13.1. The topological polar surface area (TPSA) is 20.3 Å². The molecule has 2 rings (SSSR count). The predicted molar refractivity (Wildman–Crippen MR) is 74.0 cm³/mol. The summed E-state index contributed by atoms with van der Waals surface area (Å²) in [5.74, 6) is 1.21. The van der Waals surface area contributed by atoms with Crippen LogP contribution in [-0.2, 0) is 11.3 Å². The van der Waals surface area contributed by atoms with Crippen LogP contribution in [0.3, 0.4) is 0 Å². The summed E-state index contributed by atoms with van der Waals surface area (Å²) in [7, 11) is 0. The van der Waals surface area contributed by atoms with Crippen LogP contribution < -0.4 is 0 Å². The maximum atomic E-state index is 12.4. The number of benzene rings is 1. The highest BCUT2D eigenvalue weighted by molar-refractivity contribution is 5.81. The SMILES string of the molecule is CCC(C)N(Cc1ccccc1)C(=O)C1CC1C. The van der Waals surface area contributed by atoms with Crippen molar-refractivity contribution >= 4 is 5.91 Å². The van der Waals surface area contributed by atoms with Crippen LogP contribution in [0.1, 0.15) is 39.2 Å². The second kappa shape index (κ2) is 5.55. The van der Waals surface area contributed by atoms with Crippen molar-refractivity contribution < 1.29 is 4.79 Å². The number of carbonyl (C=O) groups excluding carboxylic acids is 1. The Balaban J connectivity index is 2.08. The minimum absolute atomic E-state index is 0.280. The molecule has 0 spiro atoms. The molecule has 1 aromatic rings. The smallest absolute Gasteiger partial charge is 0.226 e. The Hall–Kier alpha value is -1.31. The van der Waals surface area contributed by atoms with Crippen molar-refractivity contribution in [3.63, 3.8) is 0 Å². The standard InChI is InChI=1S/C16H23NO/c1-4-13(3)17(16(18)15-10-12(15)2)11-14-8-6-5-7-9-14/h5-9,12-13,15H,4,10-11H2,1-3H3. The molecule has 0 radical (unpaired) electrons. The van der Waals surface area contributed by atoms with Crippen LogP contribution in [0.5, 0.6) is 0 Å². The molecule has 1 aliphatic carbocycles. The van der Waals surface area contributed by atoms with Gasteiger partial charge in [-0.3, -0.25) is 4.79 Å². The van der Waals surface area contributed by atoms with Crippen molar-refractivity contribution in [2.75, 3.05) is 0 Å². The first-order valence-electron chi connectivity index (χ1n) is 6.97. The molecule has 2 heteroatoms. The average molecular weight is 245 g/mol. The lowest BCUT2D eigenvalue weighted by Crippen LogP contribution is -2.39.